The number of ether oxygens (including phenoxy) is 1. The van der Waals surface area contributed by atoms with Gasteiger partial charge in [-0.05, 0) is 19.9 Å². The second kappa shape index (κ2) is 3.41. The van der Waals surface area contributed by atoms with Gasteiger partial charge in [0, 0.05) is 13.6 Å². The van der Waals surface area contributed by atoms with Gasteiger partial charge >= 0.3 is 0 Å². The second-order valence-electron chi connectivity index (χ2n) is 3.53. The van der Waals surface area contributed by atoms with E-state index >= 15 is 0 Å². The zero-order valence-electron chi connectivity index (χ0n) is 7.67. The Balaban J connectivity index is 2.54. The lowest BCUT2D eigenvalue weighted by Gasteiger charge is -2.38. The number of carbonyl (C=O) groups excluding carboxylic acids is 1. The number of hydrogen-bond donors (Lipinski definition) is 1. The van der Waals surface area contributed by atoms with Gasteiger partial charge in [-0.1, -0.05) is 0 Å². The fourth-order valence-electron chi connectivity index (χ4n) is 1.44. The molecule has 70 valence electrons. The van der Waals surface area contributed by atoms with Crippen molar-refractivity contribution in [3.05, 3.63) is 0 Å². The van der Waals surface area contributed by atoms with Gasteiger partial charge in [-0.2, -0.15) is 0 Å². The van der Waals surface area contributed by atoms with Crippen LogP contribution in [-0.2, 0) is 9.53 Å². The van der Waals surface area contributed by atoms with Crippen molar-refractivity contribution in [2.24, 2.45) is 5.73 Å². The van der Waals surface area contributed by atoms with Gasteiger partial charge in [-0.25, -0.2) is 0 Å². The van der Waals surface area contributed by atoms with Crippen LogP contribution in [0.1, 0.15) is 13.3 Å². The number of morpholine rings is 1. The van der Waals surface area contributed by atoms with E-state index in [0.717, 1.165) is 6.42 Å². The summed E-state index contributed by atoms with van der Waals surface area (Å²) in [6.07, 6.45) is 0.796. The van der Waals surface area contributed by atoms with Crippen molar-refractivity contribution in [1.82, 2.24) is 4.90 Å². The first kappa shape index (κ1) is 9.48. The molecule has 1 amide bonds. The summed E-state index contributed by atoms with van der Waals surface area (Å²) in [7, 11) is 1.79. The van der Waals surface area contributed by atoms with E-state index in [9.17, 15) is 4.79 Å². The van der Waals surface area contributed by atoms with E-state index in [1.165, 1.54) is 0 Å². The van der Waals surface area contributed by atoms with Crippen molar-refractivity contribution < 1.29 is 9.53 Å². The van der Waals surface area contributed by atoms with Gasteiger partial charge in [0.1, 0.15) is 6.61 Å². The number of hydrogen-bond acceptors (Lipinski definition) is 3. The molecule has 0 aromatic heterocycles. The molecular formula is C8H16N2O2. The van der Waals surface area contributed by atoms with Crippen LogP contribution in [0.15, 0.2) is 0 Å². The number of likely N-dealkylation sites (N-methyl/N-ethyl adjacent to an activating group) is 1. The molecule has 12 heavy (non-hydrogen) atoms. The van der Waals surface area contributed by atoms with Crippen molar-refractivity contribution in [3.8, 4) is 0 Å². The molecule has 1 unspecified atom stereocenters. The SMILES string of the molecule is CN1CC(C)(CCN)OCC1=O. The summed E-state index contributed by atoms with van der Waals surface area (Å²) < 4.78 is 5.42. The predicted molar refractivity (Wildman–Crippen MR) is 45.7 cm³/mol. The van der Waals surface area contributed by atoms with Crippen LogP contribution in [0, 0.1) is 0 Å². The molecule has 1 fully saturated rings. The number of amides is 1. The van der Waals surface area contributed by atoms with Gasteiger partial charge in [0.05, 0.1) is 5.60 Å². The highest BCUT2D eigenvalue weighted by Gasteiger charge is 2.33. The van der Waals surface area contributed by atoms with Crippen LogP contribution >= 0.6 is 0 Å². The second-order valence-corrected chi connectivity index (χ2v) is 3.53. The molecule has 1 heterocycles. The summed E-state index contributed by atoms with van der Waals surface area (Å²) in [5.74, 6) is 0.0458. The third kappa shape index (κ3) is 1.95. The van der Waals surface area contributed by atoms with Crippen LogP contribution in [0.5, 0.6) is 0 Å². The Bertz CT molecular complexity index is 184. The molecule has 1 aliphatic rings. The van der Waals surface area contributed by atoms with E-state index < -0.39 is 0 Å². The molecular weight excluding hydrogens is 156 g/mol. The van der Waals surface area contributed by atoms with E-state index in [2.05, 4.69) is 0 Å². The highest BCUT2D eigenvalue weighted by atomic mass is 16.5. The summed E-state index contributed by atoms with van der Waals surface area (Å²) in [5.41, 5.74) is 5.20. The quantitative estimate of drug-likeness (QED) is 0.615. The average molecular weight is 172 g/mol. The lowest BCUT2D eigenvalue weighted by atomic mass is 10.0. The van der Waals surface area contributed by atoms with Gasteiger partial charge in [0.2, 0.25) is 5.91 Å². The third-order valence-corrected chi connectivity index (χ3v) is 2.21. The predicted octanol–water partition coefficient (Wildman–Crippen LogP) is -0.417. The van der Waals surface area contributed by atoms with Crippen molar-refractivity contribution in [2.45, 2.75) is 18.9 Å². The summed E-state index contributed by atoms with van der Waals surface area (Å²) in [6.45, 7) is 3.41. The highest BCUT2D eigenvalue weighted by Crippen LogP contribution is 2.19. The molecule has 1 atom stereocenters. The first-order valence-corrected chi connectivity index (χ1v) is 4.15. The number of nitrogens with two attached hydrogens (primary N) is 1. The summed E-state index contributed by atoms with van der Waals surface area (Å²) >= 11 is 0. The van der Waals surface area contributed by atoms with Crippen LogP contribution in [0.25, 0.3) is 0 Å². The monoisotopic (exact) mass is 172 g/mol. The van der Waals surface area contributed by atoms with Crippen molar-refractivity contribution in [1.29, 1.82) is 0 Å². The first-order chi connectivity index (χ1) is 5.57. The Labute approximate surface area is 72.7 Å². The molecule has 1 rings (SSSR count). The maximum atomic E-state index is 11.1. The Morgan fingerprint density at radius 1 is 1.75 bits per heavy atom. The smallest absolute Gasteiger partial charge is 0.248 e. The molecule has 0 spiro atoms. The average Bonchev–Trinajstić information content (AvgIpc) is 1.98. The zero-order valence-corrected chi connectivity index (χ0v) is 7.67. The normalized spacial score (nSPS) is 30.9. The van der Waals surface area contributed by atoms with E-state index in [-0.39, 0.29) is 18.1 Å². The standard InChI is InChI=1S/C8H16N2O2/c1-8(3-4-9)6-10(2)7(11)5-12-8/h3-6,9H2,1-2H3. The number of nitrogens with zero attached hydrogens (tertiary/aromatic N) is 1. The number of rotatable bonds is 2. The largest absolute Gasteiger partial charge is 0.364 e. The lowest BCUT2D eigenvalue weighted by Crippen LogP contribution is -2.52. The van der Waals surface area contributed by atoms with Crippen LogP contribution in [0.2, 0.25) is 0 Å². The maximum absolute atomic E-state index is 11.1. The minimum atomic E-state index is -0.239. The Kier molecular flexibility index (Phi) is 2.69. The molecule has 4 nitrogen and oxygen atoms in total. The van der Waals surface area contributed by atoms with Crippen LogP contribution < -0.4 is 5.73 Å². The third-order valence-electron chi connectivity index (χ3n) is 2.21. The minimum absolute atomic E-state index is 0.0458. The molecule has 4 heteroatoms. The van der Waals surface area contributed by atoms with E-state index in [0.29, 0.717) is 13.1 Å². The Morgan fingerprint density at radius 2 is 2.42 bits per heavy atom. The molecule has 2 N–H and O–H groups in total. The molecule has 1 aliphatic heterocycles. The van der Waals surface area contributed by atoms with Crippen LogP contribution in [-0.4, -0.2) is 43.2 Å². The van der Waals surface area contributed by atoms with Crippen LogP contribution in [0.4, 0.5) is 0 Å². The van der Waals surface area contributed by atoms with Crippen molar-refractivity contribution in [3.63, 3.8) is 0 Å². The topological polar surface area (TPSA) is 55.6 Å². The van der Waals surface area contributed by atoms with Gasteiger partial charge < -0.3 is 15.4 Å². The van der Waals surface area contributed by atoms with Crippen LogP contribution in [0.3, 0.4) is 0 Å². The lowest BCUT2D eigenvalue weighted by molar-refractivity contribution is -0.159. The zero-order chi connectivity index (χ0) is 9.19. The van der Waals surface area contributed by atoms with E-state index in [1.807, 2.05) is 6.92 Å². The molecule has 0 aromatic carbocycles. The maximum Gasteiger partial charge on any atom is 0.248 e. The van der Waals surface area contributed by atoms with Gasteiger partial charge in [0.15, 0.2) is 0 Å². The fraction of sp³-hybridized carbons (Fsp3) is 0.875. The molecule has 0 saturated carbocycles. The van der Waals surface area contributed by atoms with E-state index in [1.54, 1.807) is 11.9 Å². The molecule has 0 radical (unpaired) electrons. The summed E-state index contributed by atoms with van der Waals surface area (Å²) in [6, 6.07) is 0. The Morgan fingerprint density at radius 3 is 2.92 bits per heavy atom. The fourth-order valence-corrected chi connectivity index (χ4v) is 1.44. The summed E-state index contributed by atoms with van der Waals surface area (Å²) in [5, 5.41) is 0. The van der Waals surface area contributed by atoms with E-state index in [4.69, 9.17) is 10.5 Å². The molecule has 1 saturated heterocycles. The highest BCUT2D eigenvalue weighted by molar-refractivity contribution is 5.77. The first-order valence-electron chi connectivity index (χ1n) is 4.15. The van der Waals surface area contributed by atoms with Gasteiger partial charge in [-0.15, -0.1) is 0 Å². The molecule has 0 bridgehead atoms. The van der Waals surface area contributed by atoms with Gasteiger partial charge in [-0.3, -0.25) is 4.79 Å². The summed E-state index contributed by atoms with van der Waals surface area (Å²) in [4.78, 5) is 12.7. The molecule has 0 aliphatic carbocycles. The number of carbonyl (C=O) groups is 1. The molecule has 0 aromatic rings. The Hall–Kier alpha value is -0.610. The minimum Gasteiger partial charge on any atom is -0.364 e. The van der Waals surface area contributed by atoms with Gasteiger partial charge in [0.25, 0.3) is 0 Å². The van der Waals surface area contributed by atoms with Crippen molar-refractivity contribution in [2.75, 3.05) is 26.7 Å². The van der Waals surface area contributed by atoms with Crippen molar-refractivity contribution >= 4 is 5.91 Å².